The Labute approximate surface area is 127 Å². The predicted octanol–water partition coefficient (Wildman–Crippen LogP) is 1.30. The average Bonchev–Trinajstić information content (AvgIpc) is 2.83. The molecular formula is C14H21F3N2O3. The largest absolute Gasteiger partial charge is 0.397 e. The molecule has 1 saturated carbocycles. The molecule has 2 rings (SSSR count). The molecule has 0 aromatic carbocycles. The number of aliphatic hydroxyl groups is 1. The van der Waals surface area contributed by atoms with Crippen LogP contribution >= 0.6 is 0 Å². The van der Waals surface area contributed by atoms with Crippen LogP contribution in [0.5, 0.6) is 0 Å². The fourth-order valence-electron chi connectivity index (χ4n) is 3.09. The molecule has 1 aliphatic carbocycles. The summed E-state index contributed by atoms with van der Waals surface area (Å²) in [7, 11) is 0. The van der Waals surface area contributed by atoms with E-state index in [0.717, 1.165) is 17.7 Å². The maximum atomic E-state index is 12.2. The van der Waals surface area contributed by atoms with Gasteiger partial charge in [-0.25, -0.2) is 0 Å². The summed E-state index contributed by atoms with van der Waals surface area (Å²) in [5.74, 6) is -1.14. The summed E-state index contributed by atoms with van der Waals surface area (Å²) in [5.41, 5.74) is -0.930. The highest BCUT2D eigenvalue weighted by atomic mass is 19.4. The van der Waals surface area contributed by atoms with Crippen LogP contribution in [0.1, 0.15) is 38.5 Å². The van der Waals surface area contributed by atoms with Gasteiger partial charge in [0.05, 0.1) is 12.0 Å². The Kier molecular flexibility index (Phi) is 4.99. The number of rotatable bonds is 3. The molecular weight excluding hydrogens is 301 g/mol. The minimum absolute atomic E-state index is 0.0590. The molecule has 0 atom stereocenters. The second kappa shape index (κ2) is 6.44. The first-order valence-corrected chi connectivity index (χ1v) is 7.53. The Morgan fingerprint density at radius 2 is 1.41 bits per heavy atom. The van der Waals surface area contributed by atoms with Gasteiger partial charge in [-0.1, -0.05) is 12.8 Å². The van der Waals surface area contributed by atoms with Crippen LogP contribution in [0.2, 0.25) is 0 Å². The molecule has 0 radical (unpaired) electrons. The lowest BCUT2D eigenvalue weighted by Gasteiger charge is -2.36. The molecule has 22 heavy (non-hydrogen) atoms. The van der Waals surface area contributed by atoms with Crippen LogP contribution in [0.15, 0.2) is 0 Å². The summed E-state index contributed by atoms with van der Waals surface area (Å²) in [6, 6.07) is 0. The molecule has 126 valence electrons. The van der Waals surface area contributed by atoms with Crippen LogP contribution < -0.4 is 0 Å². The zero-order valence-corrected chi connectivity index (χ0v) is 12.4. The summed E-state index contributed by atoms with van der Waals surface area (Å²) in [4.78, 5) is 26.3. The molecule has 2 aliphatic rings. The molecule has 1 N–H and O–H groups in total. The molecule has 1 heterocycles. The minimum atomic E-state index is -4.50. The molecule has 8 heteroatoms. The number of carbonyl (C=O) groups is 2. The smallest absolute Gasteiger partial charge is 0.389 e. The molecule has 0 aromatic rings. The van der Waals surface area contributed by atoms with Crippen molar-refractivity contribution in [2.24, 2.45) is 0 Å². The van der Waals surface area contributed by atoms with Crippen molar-refractivity contribution < 1.29 is 27.9 Å². The van der Waals surface area contributed by atoms with Crippen LogP contribution in [-0.2, 0) is 9.59 Å². The first-order chi connectivity index (χ1) is 10.2. The summed E-state index contributed by atoms with van der Waals surface area (Å²) in [5, 5.41) is 10.2. The van der Waals surface area contributed by atoms with Gasteiger partial charge in [-0.15, -0.1) is 0 Å². The van der Waals surface area contributed by atoms with E-state index in [1.165, 1.54) is 4.90 Å². The van der Waals surface area contributed by atoms with Gasteiger partial charge in [0.2, 0.25) is 11.8 Å². The molecule has 0 spiro atoms. The Bertz CT molecular complexity index is 426. The molecule has 0 bridgehead atoms. The molecule has 5 nitrogen and oxygen atoms in total. The highest BCUT2D eigenvalue weighted by molar-refractivity contribution is 5.79. The number of nitrogens with zero attached hydrogens (tertiary/aromatic N) is 2. The van der Waals surface area contributed by atoms with Crippen molar-refractivity contribution in [3.8, 4) is 0 Å². The number of piperazine rings is 1. The van der Waals surface area contributed by atoms with Crippen molar-refractivity contribution >= 4 is 11.8 Å². The average molecular weight is 322 g/mol. The second-order valence-corrected chi connectivity index (χ2v) is 6.16. The van der Waals surface area contributed by atoms with E-state index >= 15 is 0 Å². The number of halogens is 3. The normalized spacial score (nSPS) is 22.0. The van der Waals surface area contributed by atoms with E-state index in [1.807, 2.05) is 0 Å². The van der Waals surface area contributed by atoms with Crippen molar-refractivity contribution in [3.63, 3.8) is 0 Å². The van der Waals surface area contributed by atoms with E-state index < -0.39 is 24.1 Å². The summed E-state index contributed by atoms with van der Waals surface area (Å²) >= 11 is 0. The number of hydrogen-bond donors (Lipinski definition) is 1. The van der Waals surface area contributed by atoms with Gasteiger partial charge in [0.15, 0.2) is 0 Å². The predicted molar refractivity (Wildman–Crippen MR) is 71.9 cm³/mol. The standard InChI is InChI=1S/C14H21F3N2O3/c15-14(16,17)10-12(21)19-7-5-18(6-8-19)11(20)9-13(22)3-1-2-4-13/h22H,1-10H2. The number of hydrogen-bond acceptors (Lipinski definition) is 3. The summed E-state index contributed by atoms with van der Waals surface area (Å²) in [6.07, 6.45) is -2.86. The molecule has 2 fully saturated rings. The van der Waals surface area contributed by atoms with Gasteiger partial charge >= 0.3 is 6.18 Å². The first-order valence-electron chi connectivity index (χ1n) is 7.53. The van der Waals surface area contributed by atoms with Crippen molar-refractivity contribution in [3.05, 3.63) is 0 Å². The quantitative estimate of drug-likeness (QED) is 0.852. The van der Waals surface area contributed by atoms with Crippen molar-refractivity contribution in [2.45, 2.75) is 50.3 Å². The maximum absolute atomic E-state index is 12.2. The fourth-order valence-corrected chi connectivity index (χ4v) is 3.09. The SMILES string of the molecule is O=C(CC(F)(F)F)N1CCN(C(=O)CC2(O)CCCC2)CC1. The van der Waals surface area contributed by atoms with E-state index in [0.29, 0.717) is 12.8 Å². The zero-order chi connectivity index (χ0) is 16.4. The molecule has 1 saturated heterocycles. The number of alkyl halides is 3. The van der Waals surface area contributed by atoms with Crippen molar-refractivity contribution in [2.75, 3.05) is 26.2 Å². The third kappa shape index (κ3) is 4.59. The van der Waals surface area contributed by atoms with Gasteiger partial charge in [0.25, 0.3) is 0 Å². The van der Waals surface area contributed by atoms with Crippen molar-refractivity contribution in [1.82, 2.24) is 9.80 Å². The van der Waals surface area contributed by atoms with E-state index in [2.05, 4.69) is 0 Å². The van der Waals surface area contributed by atoms with Crippen molar-refractivity contribution in [1.29, 1.82) is 0 Å². The van der Waals surface area contributed by atoms with Gasteiger partial charge in [-0.3, -0.25) is 9.59 Å². The monoisotopic (exact) mass is 322 g/mol. The second-order valence-electron chi connectivity index (χ2n) is 6.16. The van der Waals surface area contributed by atoms with Crippen LogP contribution in [-0.4, -0.2) is 64.7 Å². The molecule has 0 unspecified atom stereocenters. The Balaban J connectivity index is 1.79. The zero-order valence-electron chi connectivity index (χ0n) is 12.4. The van der Waals surface area contributed by atoms with Gasteiger partial charge in [0.1, 0.15) is 6.42 Å². The highest BCUT2D eigenvalue weighted by Gasteiger charge is 2.37. The van der Waals surface area contributed by atoms with Gasteiger partial charge in [-0.2, -0.15) is 13.2 Å². The Hall–Kier alpha value is -1.31. The number of amides is 2. The third-order valence-corrected chi connectivity index (χ3v) is 4.35. The summed E-state index contributed by atoms with van der Waals surface area (Å²) in [6.45, 7) is 0.662. The highest BCUT2D eigenvalue weighted by Crippen LogP contribution is 2.32. The Morgan fingerprint density at radius 3 is 1.86 bits per heavy atom. The van der Waals surface area contributed by atoms with Crippen LogP contribution in [0.4, 0.5) is 13.2 Å². The molecule has 1 aliphatic heterocycles. The Morgan fingerprint density at radius 1 is 0.955 bits per heavy atom. The van der Waals surface area contributed by atoms with E-state index in [-0.39, 0.29) is 38.5 Å². The maximum Gasteiger partial charge on any atom is 0.397 e. The topological polar surface area (TPSA) is 60.9 Å². The van der Waals surface area contributed by atoms with Crippen LogP contribution in [0.25, 0.3) is 0 Å². The van der Waals surface area contributed by atoms with Gasteiger partial charge in [-0.05, 0) is 12.8 Å². The van der Waals surface area contributed by atoms with Crippen LogP contribution in [0.3, 0.4) is 0 Å². The van der Waals surface area contributed by atoms with Crippen LogP contribution in [0, 0.1) is 0 Å². The third-order valence-electron chi connectivity index (χ3n) is 4.35. The lowest BCUT2D eigenvalue weighted by molar-refractivity contribution is -0.163. The fraction of sp³-hybridized carbons (Fsp3) is 0.857. The summed E-state index contributed by atoms with van der Waals surface area (Å²) < 4.78 is 36.6. The molecule has 2 amide bonds. The van der Waals surface area contributed by atoms with E-state index in [9.17, 15) is 27.9 Å². The van der Waals surface area contributed by atoms with Gasteiger partial charge < -0.3 is 14.9 Å². The van der Waals surface area contributed by atoms with E-state index in [1.54, 1.807) is 0 Å². The first kappa shape index (κ1) is 17.1. The van der Waals surface area contributed by atoms with E-state index in [4.69, 9.17) is 0 Å². The lowest BCUT2D eigenvalue weighted by atomic mass is 9.97. The lowest BCUT2D eigenvalue weighted by Crippen LogP contribution is -2.52. The van der Waals surface area contributed by atoms with Gasteiger partial charge in [0, 0.05) is 26.2 Å². The minimum Gasteiger partial charge on any atom is -0.389 e. The molecule has 0 aromatic heterocycles. The number of carbonyl (C=O) groups excluding carboxylic acids is 2.